The van der Waals surface area contributed by atoms with Gasteiger partial charge in [0.1, 0.15) is 36.2 Å². The molecule has 57 heavy (non-hydrogen) atoms. The molecule has 3 heterocycles. The van der Waals surface area contributed by atoms with Crippen LogP contribution < -0.4 is 22.2 Å². The molecular formula is C35H44ClN15O4S2. The maximum atomic E-state index is 12.8. The Bertz CT molecular complexity index is 1910. The van der Waals surface area contributed by atoms with Crippen molar-refractivity contribution in [3.8, 4) is 0 Å². The van der Waals surface area contributed by atoms with Crippen molar-refractivity contribution >= 4 is 59.1 Å². The quantitative estimate of drug-likeness (QED) is 0.0172. The van der Waals surface area contributed by atoms with Gasteiger partial charge in [-0.2, -0.15) is 5.11 Å². The van der Waals surface area contributed by atoms with E-state index in [1.54, 1.807) is 29.7 Å². The molecule has 19 nitrogen and oxygen atoms in total. The minimum Gasteiger partial charge on any atom is -0.490 e. The maximum Gasteiger partial charge on any atom is 0.328 e. The maximum absolute atomic E-state index is 12.8. The van der Waals surface area contributed by atoms with Crippen LogP contribution in [0.1, 0.15) is 25.7 Å². The number of amides is 1. The predicted octanol–water partition coefficient (Wildman–Crippen LogP) is 5.36. The number of hydrogen-bond donors (Lipinski definition) is 5. The van der Waals surface area contributed by atoms with Crippen LogP contribution in [0.25, 0.3) is 20.9 Å². The van der Waals surface area contributed by atoms with Crippen LogP contribution in [0, 0.1) is 17.2 Å². The standard InChI is InChI=1S/C35H44ClN15O4S2/c36-23-7-3-22(4-8-23)33-44-24(19-56-33)20-57-34-27(16-38)30(26(15-37)31(46-34)51-11-1-2-12-51)21-5-9-25(10-6-21)54-13-14-55-35(53)29(18-43-49-40)45-32(52)28(47-50-41)17-42-48-39/h3,5,7-10,15-16,19,21-22,28-29,33-34,38,44H,1-2,4,6,11-14,17-18,20,37H2,(H2,41,47)(H,45,52)/t21?,22?,28-,29-,33?,34?/m0/s1. The lowest BCUT2D eigenvalue weighted by Crippen LogP contribution is -2.48. The molecule has 0 aromatic carbocycles. The van der Waals surface area contributed by atoms with E-state index >= 15 is 0 Å². The Morgan fingerprint density at radius 3 is 2.63 bits per heavy atom. The van der Waals surface area contributed by atoms with Crippen molar-refractivity contribution in [3.63, 3.8) is 0 Å². The fraction of sp³-hybridized carbons (Fsp3) is 0.486. The first-order chi connectivity index (χ1) is 27.8. The average molecular weight is 838 g/mol. The minimum absolute atomic E-state index is 0.00690. The molecule has 0 radical (unpaired) electrons. The number of azide groups is 2. The Morgan fingerprint density at radius 2 is 1.96 bits per heavy atom. The zero-order chi connectivity index (χ0) is 40.6. The lowest BCUT2D eigenvalue weighted by Gasteiger charge is -2.34. The molecule has 302 valence electrons. The van der Waals surface area contributed by atoms with Crippen molar-refractivity contribution in [2.24, 2.45) is 49.0 Å². The fourth-order valence-electron chi connectivity index (χ4n) is 6.64. The molecule has 5 aliphatic rings. The molecule has 3 aliphatic heterocycles. The number of likely N-dealkylation sites (tertiary alicyclic amines) is 1. The number of allylic oxidation sites excluding steroid dienone is 6. The average Bonchev–Trinajstić information content (AvgIpc) is 3.95. The molecule has 0 bridgehead atoms. The van der Waals surface area contributed by atoms with Gasteiger partial charge in [-0.15, -0.1) is 23.5 Å². The predicted molar refractivity (Wildman–Crippen MR) is 221 cm³/mol. The summed E-state index contributed by atoms with van der Waals surface area (Å²) in [5.74, 6) is 5.68. The number of nitrogens with zero attached hydrogens (tertiary/aromatic N) is 10. The molecule has 7 N–H and O–H groups in total. The number of hydrogen-bond acceptors (Lipinski definition) is 15. The summed E-state index contributed by atoms with van der Waals surface area (Å²) in [5, 5.41) is 30.7. The number of thioether (sulfide) groups is 2. The van der Waals surface area contributed by atoms with Crippen molar-refractivity contribution in [1.29, 1.82) is 5.41 Å². The van der Waals surface area contributed by atoms with Gasteiger partial charge in [-0.3, -0.25) is 4.79 Å². The summed E-state index contributed by atoms with van der Waals surface area (Å²) in [4.78, 5) is 38.1. The third kappa shape index (κ3) is 11.6. The lowest BCUT2D eigenvalue weighted by molar-refractivity contribution is -0.148. The second-order valence-corrected chi connectivity index (χ2v) is 15.6. The number of nitrogens with one attached hydrogen (secondary N) is 3. The Balaban J connectivity index is 1.20. The Morgan fingerprint density at radius 1 is 1.18 bits per heavy atom. The summed E-state index contributed by atoms with van der Waals surface area (Å²) in [5.41, 5.74) is 27.4. The highest BCUT2D eigenvalue weighted by molar-refractivity contribution is 8.03. The van der Waals surface area contributed by atoms with Gasteiger partial charge in [0.15, 0.2) is 6.04 Å². The first-order valence-electron chi connectivity index (χ1n) is 18.2. The smallest absolute Gasteiger partial charge is 0.328 e. The third-order valence-electron chi connectivity index (χ3n) is 9.42. The van der Waals surface area contributed by atoms with Crippen molar-refractivity contribution in [2.75, 3.05) is 45.1 Å². The number of carbonyl (C=O) groups is 2. The molecule has 1 saturated heterocycles. The van der Waals surface area contributed by atoms with Gasteiger partial charge in [0.25, 0.3) is 0 Å². The van der Waals surface area contributed by atoms with Crippen LogP contribution in [0.5, 0.6) is 0 Å². The fourth-order valence-corrected chi connectivity index (χ4v) is 9.05. The van der Waals surface area contributed by atoms with Crippen LogP contribution in [0.3, 0.4) is 0 Å². The van der Waals surface area contributed by atoms with Crippen LogP contribution in [0.4, 0.5) is 0 Å². The summed E-state index contributed by atoms with van der Waals surface area (Å²) in [6, 6.07) is -2.65. The number of aliphatic imine (C=N–C) groups is 1. The molecule has 0 saturated carbocycles. The van der Waals surface area contributed by atoms with Gasteiger partial charge in [0, 0.05) is 74.8 Å². The van der Waals surface area contributed by atoms with Gasteiger partial charge in [0.2, 0.25) is 5.91 Å². The first kappa shape index (κ1) is 42.8. The third-order valence-corrected chi connectivity index (χ3v) is 12.0. The highest BCUT2D eigenvalue weighted by Crippen LogP contribution is 2.41. The van der Waals surface area contributed by atoms with Crippen LogP contribution in [-0.4, -0.2) is 96.8 Å². The monoisotopic (exact) mass is 837 g/mol. The topological polar surface area (TPSA) is 290 Å². The van der Waals surface area contributed by atoms with E-state index in [1.807, 2.05) is 24.3 Å². The second kappa shape index (κ2) is 21.8. The van der Waals surface area contributed by atoms with E-state index in [-0.39, 0.29) is 29.9 Å². The zero-order valence-corrected chi connectivity index (χ0v) is 33.3. The van der Waals surface area contributed by atoms with E-state index in [4.69, 9.17) is 54.1 Å². The molecule has 2 aliphatic carbocycles. The first-order valence-corrected chi connectivity index (χ1v) is 20.5. The number of rotatable bonds is 18. The number of ether oxygens (including phenoxy) is 2. The zero-order valence-electron chi connectivity index (χ0n) is 30.9. The molecule has 4 unspecified atom stereocenters. The highest BCUT2D eigenvalue weighted by atomic mass is 35.5. The van der Waals surface area contributed by atoms with Gasteiger partial charge in [-0.25, -0.2) is 9.79 Å². The van der Waals surface area contributed by atoms with Crippen molar-refractivity contribution in [1.82, 2.24) is 15.5 Å². The summed E-state index contributed by atoms with van der Waals surface area (Å²) >= 11 is 9.60. The Hall–Kier alpha value is -5.33. The summed E-state index contributed by atoms with van der Waals surface area (Å²) in [6.07, 6.45) is 18.6. The van der Waals surface area contributed by atoms with Crippen LogP contribution >= 0.6 is 35.1 Å². The van der Waals surface area contributed by atoms with Gasteiger partial charge >= 0.3 is 5.97 Å². The van der Waals surface area contributed by atoms with Gasteiger partial charge in [-0.05, 0) is 66.0 Å². The Kier molecular flexibility index (Phi) is 16.4. The molecule has 1 amide bonds. The van der Waals surface area contributed by atoms with E-state index in [0.29, 0.717) is 23.9 Å². The summed E-state index contributed by atoms with van der Waals surface area (Å²) < 4.78 is 11.2. The SMILES string of the molecule is [N-]=[N+]=NC[C@H](N=NN)C(=O)N[C@@H](CN=[N+]=[N-])C(=O)OCCOC1=CCC(C2=C(C=N)C(SCC3=CSC(C4C=CC(Cl)=CC4)N3)N=C(N3CCCC3)C2=CN)C=C1. The number of halogens is 1. The number of carbonyl (C=O) groups excluding carboxylic acids is 2. The molecule has 1 fully saturated rings. The number of nitrogens with two attached hydrogens (primary N) is 2. The van der Waals surface area contributed by atoms with E-state index in [0.717, 1.165) is 65.6 Å². The molecule has 0 spiro atoms. The molecule has 5 rings (SSSR count). The number of esters is 1. The lowest BCUT2D eigenvalue weighted by atomic mass is 9.82. The number of dihydropyridines is 1. The minimum atomic E-state index is -1.35. The van der Waals surface area contributed by atoms with Crippen molar-refractivity contribution in [3.05, 3.63) is 102 Å². The molecule has 22 heteroatoms. The molecule has 0 aromatic heterocycles. The molecule has 0 aromatic rings. The van der Waals surface area contributed by atoms with Gasteiger partial charge in [-0.1, -0.05) is 45.3 Å². The summed E-state index contributed by atoms with van der Waals surface area (Å²) in [7, 11) is 0. The highest BCUT2D eigenvalue weighted by Gasteiger charge is 2.35. The van der Waals surface area contributed by atoms with Crippen LogP contribution in [0.15, 0.2) is 107 Å². The van der Waals surface area contributed by atoms with Crippen molar-refractivity contribution < 1.29 is 19.1 Å². The van der Waals surface area contributed by atoms with Crippen LogP contribution in [-0.2, 0) is 19.1 Å². The van der Waals surface area contributed by atoms with Gasteiger partial charge in [0.05, 0.1) is 18.5 Å². The van der Waals surface area contributed by atoms with E-state index in [1.165, 1.54) is 6.21 Å². The normalized spacial score (nSPS) is 24.6. The van der Waals surface area contributed by atoms with Gasteiger partial charge < -0.3 is 42.0 Å². The largest absolute Gasteiger partial charge is 0.490 e. The van der Waals surface area contributed by atoms with E-state index in [2.05, 4.69) is 63.5 Å². The Labute approximate surface area is 342 Å². The van der Waals surface area contributed by atoms with E-state index in [9.17, 15) is 9.59 Å². The molecular weight excluding hydrogens is 794 g/mol. The summed E-state index contributed by atoms with van der Waals surface area (Å²) in [6.45, 7) is 0.753. The second-order valence-electron chi connectivity index (χ2n) is 13.1. The number of amidine groups is 1. The van der Waals surface area contributed by atoms with Crippen LogP contribution in [0.2, 0.25) is 0 Å². The van der Waals surface area contributed by atoms with E-state index < -0.39 is 37.0 Å². The van der Waals surface area contributed by atoms with Crippen molar-refractivity contribution in [2.45, 2.75) is 48.5 Å². The molecule has 6 atom stereocenters.